The Morgan fingerprint density at radius 3 is 2.54 bits per heavy atom. The molecular weight excluding hydrogens is 371 g/mol. The van der Waals surface area contributed by atoms with Gasteiger partial charge in [0.05, 0.1) is 15.8 Å². The van der Waals surface area contributed by atoms with E-state index in [1.807, 2.05) is 6.07 Å². The minimum Gasteiger partial charge on any atom is -0.508 e. The van der Waals surface area contributed by atoms with E-state index >= 15 is 0 Å². The Hall–Kier alpha value is -1.89. The molecule has 0 heterocycles. The Morgan fingerprint density at radius 2 is 1.83 bits per heavy atom. The average Bonchev–Trinajstić information content (AvgIpc) is 2.56. The van der Waals surface area contributed by atoms with E-state index < -0.39 is 5.91 Å². The van der Waals surface area contributed by atoms with Gasteiger partial charge in [-0.3, -0.25) is 20.4 Å². The Balaban J connectivity index is 1.73. The number of rotatable bonds is 5. The van der Waals surface area contributed by atoms with Crippen LogP contribution in [0.25, 0.3) is 0 Å². The van der Waals surface area contributed by atoms with Gasteiger partial charge in [-0.2, -0.15) is 0 Å². The van der Waals surface area contributed by atoms with E-state index in [4.69, 9.17) is 23.2 Å². The van der Waals surface area contributed by atoms with Crippen LogP contribution in [0.3, 0.4) is 0 Å². The first-order valence-electron chi connectivity index (χ1n) is 6.85. The summed E-state index contributed by atoms with van der Waals surface area (Å²) in [7, 11) is 0. The zero-order chi connectivity index (χ0) is 17.5. The van der Waals surface area contributed by atoms with Gasteiger partial charge in [0.15, 0.2) is 0 Å². The summed E-state index contributed by atoms with van der Waals surface area (Å²) >= 11 is 13.1. The summed E-state index contributed by atoms with van der Waals surface area (Å²) in [6.45, 7) is 0. The third kappa shape index (κ3) is 5.63. The van der Waals surface area contributed by atoms with E-state index in [9.17, 15) is 14.7 Å². The zero-order valence-electron chi connectivity index (χ0n) is 12.4. The Kier molecular flexibility index (Phi) is 6.78. The highest BCUT2D eigenvalue weighted by molar-refractivity contribution is 7.99. The fourth-order valence-corrected chi connectivity index (χ4v) is 2.87. The molecule has 0 saturated carbocycles. The molecule has 5 nitrogen and oxygen atoms in total. The van der Waals surface area contributed by atoms with Gasteiger partial charge >= 0.3 is 0 Å². The minimum absolute atomic E-state index is 0.0221. The van der Waals surface area contributed by atoms with Crippen LogP contribution >= 0.6 is 35.0 Å². The van der Waals surface area contributed by atoms with Crippen LogP contribution in [0, 0.1) is 0 Å². The quantitative estimate of drug-likeness (QED) is 0.690. The van der Waals surface area contributed by atoms with E-state index in [1.54, 1.807) is 18.2 Å². The number of thioether (sulfide) groups is 1. The van der Waals surface area contributed by atoms with Crippen molar-refractivity contribution in [3.8, 4) is 5.75 Å². The molecule has 0 atom stereocenters. The standard InChI is InChI=1S/C16H14Cl2N2O3S/c17-13-5-4-10(6-14(13)18)8-24-9-15(22)19-20-16(23)11-2-1-3-12(21)7-11/h1-7,21H,8-9H2,(H,19,22)(H,20,23). The maximum absolute atomic E-state index is 11.8. The van der Waals surface area contributed by atoms with Crippen molar-refractivity contribution in [1.29, 1.82) is 0 Å². The number of amides is 2. The highest BCUT2D eigenvalue weighted by Crippen LogP contribution is 2.24. The van der Waals surface area contributed by atoms with Crippen molar-refractivity contribution >= 4 is 46.8 Å². The highest BCUT2D eigenvalue weighted by atomic mass is 35.5. The molecule has 0 aromatic heterocycles. The molecule has 0 aliphatic rings. The number of phenols is 1. The summed E-state index contributed by atoms with van der Waals surface area (Å²) in [6, 6.07) is 11.1. The predicted molar refractivity (Wildman–Crippen MR) is 96.3 cm³/mol. The molecule has 126 valence electrons. The number of carbonyl (C=O) groups excluding carboxylic acids is 2. The minimum atomic E-state index is -0.506. The average molecular weight is 385 g/mol. The monoisotopic (exact) mass is 384 g/mol. The summed E-state index contributed by atoms with van der Waals surface area (Å²) in [4.78, 5) is 23.5. The molecule has 8 heteroatoms. The lowest BCUT2D eigenvalue weighted by Crippen LogP contribution is -2.42. The smallest absolute Gasteiger partial charge is 0.269 e. The van der Waals surface area contributed by atoms with Crippen LogP contribution in [-0.4, -0.2) is 22.7 Å². The molecule has 0 bridgehead atoms. The van der Waals surface area contributed by atoms with Gasteiger partial charge in [-0.05, 0) is 35.9 Å². The fraction of sp³-hybridized carbons (Fsp3) is 0.125. The Labute approximate surface area is 153 Å². The lowest BCUT2D eigenvalue weighted by atomic mass is 10.2. The molecule has 0 saturated heterocycles. The van der Waals surface area contributed by atoms with Crippen molar-refractivity contribution in [2.75, 3.05) is 5.75 Å². The SMILES string of the molecule is O=C(CSCc1ccc(Cl)c(Cl)c1)NNC(=O)c1cccc(O)c1. The number of hydrogen-bond acceptors (Lipinski definition) is 4. The maximum Gasteiger partial charge on any atom is 0.269 e. The number of hydrazine groups is 1. The van der Waals surface area contributed by atoms with Crippen molar-refractivity contribution in [2.24, 2.45) is 0 Å². The second-order valence-electron chi connectivity index (χ2n) is 4.79. The molecule has 2 amide bonds. The van der Waals surface area contributed by atoms with E-state index in [1.165, 1.54) is 30.0 Å². The van der Waals surface area contributed by atoms with Crippen molar-refractivity contribution in [3.63, 3.8) is 0 Å². The van der Waals surface area contributed by atoms with Crippen LogP contribution in [-0.2, 0) is 10.5 Å². The van der Waals surface area contributed by atoms with Gasteiger partial charge in [0, 0.05) is 11.3 Å². The molecule has 3 N–H and O–H groups in total. The first-order chi connectivity index (χ1) is 11.5. The molecule has 24 heavy (non-hydrogen) atoms. The van der Waals surface area contributed by atoms with Crippen molar-refractivity contribution in [1.82, 2.24) is 10.9 Å². The van der Waals surface area contributed by atoms with Gasteiger partial charge < -0.3 is 5.11 Å². The first-order valence-corrected chi connectivity index (χ1v) is 8.76. The van der Waals surface area contributed by atoms with Crippen molar-refractivity contribution in [3.05, 3.63) is 63.6 Å². The summed E-state index contributed by atoms with van der Waals surface area (Å²) < 4.78 is 0. The molecule has 0 unspecified atom stereocenters. The lowest BCUT2D eigenvalue weighted by molar-refractivity contribution is -0.119. The summed E-state index contributed by atoms with van der Waals surface area (Å²) in [6.07, 6.45) is 0. The number of halogens is 2. The molecule has 2 aromatic carbocycles. The highest BCUT2D eigenvalue weighted by Gasteiger charge is 2.08. The molecule has 0 spiro atoms. The number of hydrogen-bond donors (Lipinski definition) is 3. The summed E-state index contributed by atoms with van der Waals surface area (Å²) in [5.74, 6) is -0.112. The largest absolute Gasteiger partial charge is 0.508 e. The molecule has 0 aliphatic carbocycles. The van der Waals surface area contributed by atoms with E-state index in [0.29, 0.717) is 15.8 Å². The van der Waals surface area contributed by atoms with Gasteiger partial charge in [-0.15, -0.1) is 11.8 Å². The van der Waals surface area contributed by atoms with Gasteiger partial charge in [0.1, 0.15) is 5.75 Å². The number of phenolic OH excluding ortho intramolecular Hbond substituents is 1. The van der Waals surface area contributed by atoms with Crippen LogP contribution < -0.4 is 10.9 Å². The van der Waals surface area contributed by atoms with Crippen molar-refractivity contribution < 1.29 is 14.7 Å². The third-order valence-electron chi connectivity index (χ3n) is 2.91. The van der Waals surface area contributed by atoms with Crippen LogP contribution in [0.15, 0.2) is 42.5 Å². The summed E-state index contributed by atoms with van der Waals surface area (Å²) in [5, 5.41) is 10.3. The fourth-order valence-electron chi connectivity index (χ4n) is 1.77. The van der Waals surface area contributed by atoms with E-state index in [-0.39, 0.29) is 23.0 Å². The molecule has 0 aliphatic heterocycles. The van der Waals surface area contributed by atoms with Crippen LogP contribution in [0.5, 0.6) is 5.75 Å². The van der Waals surface area contributed by atoms with Crippen LogP contribution in [0.1, 0.15) is 15.9 Å². The summed E-state index contributed by atoms with van der Waals surface area (Å²) in [5.41, 5.74) is 5.81. The van der Waals surface area contributed by atoms with E-state index in [0.717, 1.165) is 5.56 Å². The first kappa shape index (κ1) is 18.4. The normalized spacial score (nSPS) is 10.2. The predicted octanol–water partition coefficient (Wildman–Crippen LogP) is 3.39. The zero-order valence-corrected chi connectivity index (χ0v) is 14.7. The molecule has 2 rings (SSSR count). The van der Waals surface area contributed by atoms with Gasteiger partial charge in [-0.25, -0.2) is 0 Å². The third-order valence-corrected chi connectivity index (χ3v) is 4.65. The topological polar surface area (TPSA) is 78.4 Å². The van der Waals surface area contributed by atoms with Crippen LogP contribution in [0.2, 0.25) is 10.0 Å². The number of aromatic hydroxyl groups is 1. The number of nitrogens with one attached hydrogen (secondary N) is 2. The second kappa shape index (κ2) is 8.82. The number of carbonyl (C=O) groups is 2. The Bertz CT molecular complexity index is 756. The molecule has 2 aromatic rings. The van der Waals surface area contributed by atoms with Crippen LogP contribution in [0.4, 0.5) is 0 Å². The number of benzene rings is 2. The van der Waals surface area contributed by atoms with Crippen molar-refractivity contribution in [2.45, 2.75) is 5.75 Å². The molecular formula is C16H14Cl2N2O3S. The maximum atomic E-state index is 11.8. The molecule has 0 fully saturated rings. The Morgan fingerprint density at radius 1 is 1.04 bits per heavy atom. The van der Waals surface area contributed by atoms with Gasteiger partial charge in [0.25, 0.3) is 5.91 Å². The van der Waals surface area contributed by atoms with E-state index in [2.05, 4.69) is 10.9 Å². The molecule has 0 radical (unpaired) electrons. The van der Waals surface area contributed by atoms with Gasteiger partial charge in [-0.1, -0.05) is 35.3 Å². The second-order valence-corrected chi connectivity index (χ2v) is 6.59. The van der Waals surface area contributed by atoms with Gasteiger partial charge in [0.2, 0.25) is 5.91 Å². The lowest BCUT2D eigenvalue weighted by Gasteiger charge is -2.08.